The van der Waals surface area contributed by atoms with E-state index in [4.69, 9.17) is 21.1 Å². The lowest BCUT2D eigenvalue weighted by molar-refractivity contribution is -0.138. The number of carbonyl (C=O) groups is 1. The average molecular weight is 196 g/mol. The molecule has 0 radical (unpaired) electrons. The number of nitrogens with two attached hydrogens (primary N) is 1. The number of carboxylic acids is 1. The first kappa shape index (κ1) is 10.3. The second-order valence-corrected chi connectivity index (χ2v) is 2.97. The van der Waals surface area contributed by atoms with Crippen LogP contribution in [0.5, 0.6) is 11.5 Å². The fraction of sp³-hybridized carbons (Fsp3) is 0.222. The van der Waals surface area contributed by atoms with E-state index in [1.54, 1.807) is 0 Å². The van der Waals surface area contributed by atoms with Crippen LogP contribution in [0.4, 0.5) is 0 Å². The van der Waals surface area contributed by atoms with Crippen molar-refractivity contribution in [3.05, 3.63) is 23.8 Å². The summed E-state index contributed by atoms with van der Waals surface area (Å²) in [4.78, 5) is 10.4. The second-order valence-electron chi connectivity index (χ2n) is 2.97. The van der Waals surface area contributed by atoms with Gasteiger partial charge in [-0.1, -0.05) is 6.07 Å². The van der Waals surface area contributed by atoms with Crippen LogP contribution in [-0.2, 0) is 11.2 Å². The molecule has 0 heterocycles. The summed E-state index contributed by atoms with van der Waals surface area (Å²) in [6, 6.07) is 3.09. The highest BCUT2D eigenvalue weighted by Gasteiger charge is 2.12. The Balaban J connectivity index is 2.78. The maximum absolute atomic E-state index is 10.4. The van der Waals surface area contributed by atoms with Gasteiger partial charge in [0.1, 0.15) is 6.04 Å². The Morgan fingerprint density at radius 2 is 2.00 bits per heavy atom. The van der Waals surface area contributed by atoms with Crippen molar-refractivity contribution < 1.29 is 20.1 Å². The molecule has 76 valence electrons. The first-order valence-corrected chi connectivity index (χ1v) is 4.00. The lowest BCUT2D eigenvalue weighted by Gasteiger charge is -2.06. The van der Waals surface area contributed by atoms with Crippen LogP contribution in [0.3, 0.4) is 0 Å². The van der Waals surface area contributed by atoms with Crippen molar-refractivity contribution in [1.82, 2.24) is 0 Å². The summed E-state index contributed by atoms with van der Waals surface area (Å²) in [6.07, 6.45) is 0.114. The van der Waals surface area contributed by atoms with E-state index in [1.807, 2.05) is 0 Å². The number of hydrogen-bond donors (Lipinski definition) is 4. The van der Waals surface area contributed by atoms with Gasteiger partial charge in [-0.05, 0) is 24.1 Å². The van der Waals surface area contributed by atoms with Crippen molar-refractivity contribution in [2.24, 2.45) is 5.73 Å². The highest BCUT2D eigenvalue weighted by atomic mass is 16.3. The van der Waals surface area contributed by atoms with Crippen molar-refractivity contribution in [2.45, 2.75) is 12.5 Å². The van der Waals surface area contributed by atoms with Crippen LogP contribution in [0, 0.1) is 0 Å². The minimum atomic E-state index is -1.10. The van der Waals surface area contributed by atoms with Crippen LogP contribution < -0.4 is 5.73 Å². The van der Waals surface area contributed by atoms with Gasteiger partial charge in [-0.15, -0.1) is 0 Å². The van der Waals surface area contributed by atoms with Crippen molar-refractivity contribution in [3.8, 4) is 11.5 Å². The lowest BCUT2D eigenvalue weighted by Crippen LogP contribution is -2.32. The highest BCUT2D eigenvalue weighted by molar-refractivity contribution is 5.73. The predicted octanol–water partition coefficient (Wildman–Crippen LogP) is 0.0522. The third-order valence-corrected chi connectivity index (χ3v) is 1.81. The third-order valence-electron chi connectivity index (χ3n) is 1.81. The molecule has 0 aliphatic carbocycles. The van der Waals surface area contributed by atoms with E-state index in [1.165, 1.54) is 18.2 Å². The largest absolute Gasteiger partial charge is 0.504 e. The minimum Gasteiger partial charge on any atom is -0.504 e. The van der Waals surface area contributed by atoms with Gasteiger partial charge in [0.05, 0.1) is 0 Å². The summed E-state index contributed by atoms with van der Waals surface area (Å²) < 4.78 is 0. The van der Waals surface area contributed by atoms with Gasteiger partial charge in [0.15, 0.2) is 11.5 Å². The van der Waals surface area contributed by atoms with Gasteiger partial charge in [-0.2, -0.15) is 0 Å². The quantitative estimate of drug-likeness (QED) is 0.511. The summed E-state index contributed by atoms with van der Waals surface area (Å²) in [5.74, 6) is -1.62. The summed E-state index contributed by atoms with van der Waals surface area (Å²) >= 11 is 0. The molecule has 0 saturated carbocycles. The molecule has 1 aromatic carbocycles. The number of hydrogen-bond acceptors (Lipinski definition) is 4. The molecule has 1 aromatic rings. The van der Waals surface area contributed by atoms with E-state index in [-0.39, 0.29) is 17.9 Å². The Bertz CT molecular complexity index is 351. The van der Waals surface area contributed by atoms with E-state index in [0.717, 1.165) is 0 Å². The Kier molecular flexibility index (Phi) is 2.93. The van der Waals surface area contributed by atoms with Gasteiger partial charge in [0, 0.05) is 0 Å². The lowest BCUT2D eigenvalue weighted by atomic mass is 9.89. The Morgan fingerprint density at radius 3 is 2.50 bits per heavy atom. The first-order chi connectivity index (χ1) is 6.50. The number of phenols is 2. The molecule has 0 amide bonds. The van der Waals surface area contributed by atoms with Crippen molar-refractivity contribution in [3.63, 3.8) is 0 Å². The summed E-state index contributed by atoms with van der Waals surface area (Å²) in [6.45, 7) is 0. The number of aromatic hydroxyl groups is 2. The molecule has 0 aliphatic heterocycles. The molecule has 14 heavy (non-hydrogen) atoms. The van der Waals surface area contributed by atoms with Crippen LogP contribution in [-0.4, -0.2) is 27.3 Å². The van der Waals surface area contributed by atoms with Crippen LogP contribution >= 0.6 is 0 Å². The molecule has 5 N–H and O–H groups in total. The normalized spacial score (nSPS) is 12.4. The monoisotopic (exact) mass is 196 g/mol. The van der Waals surface area contributed by atoms with Gasteiger partial charge in [-0.3, -0.25) is 4.79 Å². The van der Waals surface area contributed by atoms with Gasteiger partial charge in [0.2, 0.25) is 0 Å². The maximum Gasteiger partial charge on any atom is 0.320 e. The smallest absolute Gasteiger partial charge is 0.320 e. The molecule has 0 fully saturated rings. The van der Waals surface area contributed by atoms with Gasteiger partial charge in [0.25, 0.3) is 0 Å². The van der Waals surface area contributed by atoms with E-state index in [0.29, 0.717) is 5.56 Å². The molecule has 0 bridgehead atoms. The van der Waals surface area contributed by atoms with Crippen LogP contribution in [0.15, 0.2) is 18.2 Å². The van der Waals surface area contributed by atoms with Crippen molar-refractivity contribution in [1.29, 1.82) is 0 Å². The predicted molar refractivity (Wildman–Crippen MR) is 49.1 cm³/mol. The molecular weight excluding hydrogens is 185 g/mol. The fourth-order valence-electron chi connectivity index (χ4n) is 1.04. The topological polar surface area (TPSA) is 104 Å². The number of aliphatic carboxylic acids is 1. The molecule has 5 heteroatoms. The van der Waals surface area contributed by atoms with E-state index in [2.05, 4.69) is 0 Å². The molecule has 0 saturated heterocycles. The van der Waals surface area contributed by atoms with Gasteiger partial charge < -0.3 is 21.1 Å². The number of phenolic OH excluding ortho intramolecular Hbond substituents is 2. The Labute approximate surface area is 80.4 Å². The number of rotatable bonds is 3. The molecule has 1 rings (SSSR count). The molecule has 0 aromatic heterocycles. The molecule has 0 unspecified atom stereocenters. The fourth-order valence-corrected chi connectivity index (χ4v) is 1.04. The minimum absolute atomic E-state index is 0.114. The van der Waals surface area contributed by atoms with Gasteiger partial charge >= 0.3 is 5.97 Å². The zero-order valence-electron chi connectivity index (χ0n) is 7.34. The average Bonchev–Trinajstić information content (AvgIpc) is 2.11. The number of benzene rings is 1. The zero-order chi connectivity index (χ0) is 10.7. The highest BCUT2D eigenvalue weighted by Crippen LogP contribution is 2.25. The second kappa shape index (κ2) is 3.97. The third kappa shape index (κ3) is 2.37. The zero-order valence-corrected chi connectivity index (χ0v) is 7.34. The van der Waals surface area contributed by atoms with Crippen LogP contribution in [0.2, 0.25) is 0 Å². The standard InChI is InChI=1S/C9H11NO4/c10-6(9(13)14)3-5-1-2-7(11)8(12)4-5/h1-2,4,6,11-12H,3,10H2,(H,13,14)/t6-/m0/s1/i9-1. The maximum atomic E-state index is 10.4. The Morgan fingerprint density at radius 1 is 1.36 bits per heavy atom. The number of carboxylic acid groups (broad SMARTS) is 1. The molecule has 1 atom stereocenters. The van der Waals surface area contributed by atoms with E-state index >= 15 is 0 Å². The van der Waals surface area contributed by atoms with Gasteiger partial charge in [-0.25, -0.2) is 0 Å². The van der Waals surface area contributed by atoms with E-state index in [9.17, 15) is 4.79 Å². The van der Waals surface area contributed by atoms with Crippen molar-refractivity contribution >= 4 is 5.97 Å². The summed E-state index contributed by atoms with van der Waals surface area (Å²) in [7, 11) is 0. The van der Waals surface area contributed by atoms with Crippen molar-refractivity contribution in [2.75, 3.05) is 0 Å². The SMILES string of the molecule is N[C@@H](Cc1ccc(O)c(O)c1)[11C](=O)O. The van der Waals surface area contributed by atoms with E-state index < -0.39 is 12.0 Å². The first-order valence-electron chi connectivity index (χ1n) is 4.00. The summed E-state index contributed by atoms with van der Waals surface area (Å²) in [5, 5.41) is 26.6. The Hall–Kier alpha value is -1.75. The summed E-state index contributed by atoms with van der Waals surface area (Å²) in [5.41, 5.74) is 5.86. The molecular formula is C9H11NO4. The molecule has 5 nitrogen and oxygen atoms in total. The molecule has 0 aliphatic rings. The van der Waals surface area contributed by atoms with Crippen LogP contribution in [0.25, 0.3) is 0 Å². The van der Waals surface area contributed by atoms with Crippen LogP contribution in [0.1, 0.15) is 5.56 Å². The molecule has 0 spiro atoms.